The number of rotatable bonds is 9. The molecule has 1 saturated heterocycles. The van der Waals surface area contributed by atoms with Crippen molar-refractivity contribution in [1.29, 1.82) is 0 Å². The molecule has 3 aromatic rings. The number of carboxylic acid groups (broad SMARTS) is 1. The number of halogens is 4. The van der Waals surface area contributed by atoms with Crippen LogP contribution in [0.25, 0.3) is 11.1 Å². The summed E-state index contributed by atoms with van der Waals surface area (Å²) in [5.74, 6) is -4.47. The molecule has 0 amide bonds. The summed E-state index contributed by atoms with van der Waals surface area (Å²) in [5, 5.41) is 9.56. The Kier molecular flexibility index (Phi) is 8.13. The van der Waals surface area contributed by atoms with Crippen LogP contribution in [0.15, 0.2) is 60.7 Å². The summed E-state index contributed by atoms with van der Waals surface area (Å²) < 4.78 is 56.1. The van der Waals surface area contributed by atoms with Crippen LogP contribution in [0.5, 0.6) is 0 Å². The Labute approximate surface area is 232 Å². The highest BCUT2D eigenvalue weighted by Gasteiger charge is 2.32. The number of fused-ring (bicyclic) bond motifs is 1. The number of likely N-dealkylation sites (tertiary alicyclic amines) is 1. The molecule has 0 spiro atoms. The summed E-state index contributed by atoms with van der Waals surface area (Å²) in [6.07, 6.45) is 3.19. The van der Waals surface area contributed by atoms with E-state index in [0.29, 0.717) is 42.7 Å². The topological polar surface area (TPSA) is 40.5 Å². The van der Waals surface area contributed by atoms with E-state index in [2.05, 4.69) is 17.0 Å². The quantitative estimate of drug-likeness (QED) is 0.276. The van der Waals surface area contributed by atoms with Gasteiger partial charge in [0.1, 0.15) is 5.82 Å². The summed E-state index contributed by atoms with van der Waals surface area (Å²) in [6.45, 7) is 3.18. The first-order valence-corrected chi connectivity index (χ1v) is 13.8. The Hall–Kier alpha value is -3.45. The van der Waals surface area contributed by atoms with Crippen molar-refractivity contribution in [3.05, 3.63) is 105 Å². The molecule has 0 aromatic heterocycles. The normalized spacial score (nSPS) is 16.4. The lowest BCUT2D eigenvalue weighted by Crippen LogP contribution is -2.47. The van der Waals surface area contributed by atoms with Gasteiger partial charge in [0.2, 0.25) is 0 Å². The van der Waals surface area contributed by atoms with Crippen molar-refractivity contribution < 1.29 is 27.5 Å². The maximum absolute atomic E-state index is 14.8. The van der Waals surface area contributed by atoms with Crippen LogP contribution in [-0.4, -0.2) is 42.3 Å². The molecule has 1 N–H and O–H groups in total. The molecule has 0 atom stereocenters. The SMILES string of the molecule is CC(F)(F)c1cc(F)ccc1C1=C(c2ccc(CC3CN(CCCF)C3)cc2)c2ccc(C(=O)O)cc2CCC1. The van der Waals surface area contributed by atoms with E-state index in [4.69, 9.17) is 0 Å². The Morgan fingerprint density at radius 1 is 1.00 bits per heavy atom. The second kappa shape index (κ2) is 11.6. The second-order valence-electron chi connectivity index (χ2n) is 11.0. The van der Waals surface area contributed by atoms with Gasteiger partial charge in [-0.05, 0) is 101 Å². The molecule has 0 unspecified atom stereocenters. The summed E-state index contributed by atoms with van der Waals surface area (Å²) in [5.41, 5.74) is 5.28. The molecule has 0 bridgehead atoms. The molecule has 1 heterocycles. The first kappa shape index (κ1) is 28.1. The predicted molar refractivity (Wildman–Crippen MR) is 149 cm³/mol. The fraction of sp³-hybridized carbons (Fsp3) is 0.364. The summed E-state index contributed by atoms with van der Waals surface area (Å²) in [7, 11) is 0. The Bertz CT molecular complexity index is 1420. The number of alkyl halides is 3. The maximum Gasteiger partial charge on any atom is 0.335 e. The highest BCUT2D eigenvalue weighted by molar-refractivity contribution is 6.01. The highest BCUT2D eigenvalue weighted by atomic mass is 19.3. The van der Waals surface area contributed by atoms with E-state index in [1.807, 2.05) is 12.1 Å². The van der Waals surface area contributed by atoms with Crippen molar-refractivity contribution >= 4 is 17.1 Å². The number of aromatic carboxylic acids is 1. The van der Waals surface area contributed by atoms with Gasteiger partial charge in [-0.3, -0.25) is 4.39 Å². The fourth-order valence-electron chi connectivity index (χ4n) is 6.08. The molecule has 3 nitrogen and oxygen atoms in total. The van der Waals surface area contributed by atoms with Gasteiger partial charge in [0.25, 0.3) is 5.92 Å². The third-order valence-corrected chi connectivity index (χ3v) is 7.98. The Morgan fingerprint density at radius 3 is 2.40 bits per heavy atom. The molecular weight excluding hydrogens is 518 g/mol. The van der Waals surface area contributed by atoms with E-state index in [-0.39, 0.29) is 17.8 Å². The van der Waals surface area contributed by atoms with Crippen molar-refractivity contribution in [2.75, 3.05) is 26.3 Å². The Morgan fingerprint density at radius 2 is 1.73 bits per heavy atom. The zero-order chi connectivity index (χ0) is 28.4. The van der Waals surface area contributed by atoms with E-state index >= 15 is 0 Å². The standard InChI is InChI=1S/C33H33F4NO2/c1-33(36,37)30-18-26(35)11-13-28(30)29-5-2-4-24-17-25(32(39)40)10-12-27(24)31(29)23-8-6-21(7-9-23)16-22-19-38(20-22)15-3-14-34/h6-13,17-18,22H,2-5,14-16,19-20H2,1H3,(H,39,40). The van der Waals surface area contributed by atoms with Gasteiger partial charge in [-0.25, -0.2) is 18.0 Å². The van der Waals surface area contributed by atoms with Gasteiger partial charge >= 0.3 is 5.97 Å². The number of nitrogens with zero attached hydrogens (tertiary/aromatic N) is 1. The number of allylic oxidation sites excluding steroid dienone is 1. The lowest BCUT2D eigenvalue weighted by Gasteiger charge is -2.39. The molecule has 1 fully saturated rings. The number of aryl methyl sites for hydroxylation is 1. The molecule has 2 aliphatic rings. The lowest BCUT2D eigenvalue weighted by molar-refractivity contribution is 0.0168. The van der Waals surface area contributed by atoms with Crippen LogP contribution in [0.2, 0.25) is 0 Å². The van der Waals surface area contributed by atoms with Crippen molar-refractivity contribution in [2.24, 2.45) is 5.92 Å². The monoisotopic (exact) mass is 551 g/mol. The van der Waals surface area contributed by atoms with E-state index in [0.717, 1.165) is 61.3 Å². The molecule has 1 aliphatic carbocycles. The molecule has 1 aliphatic heterocycles. The first-order chi connectivity index (χ1) is 19.1. The number of carbonyl (C=O) groups is 1. The lowest BCUT2D eigenvalue weighted by atomic mass is 9.84. The Balaban J connectivity index is 1.57. The summed E-state index contributed by atoms with van der Waals surface area (Å²) in [6, 6.07) is 16.7. The van der Waals surface area contributed by atoms with Crippen LogP contribution >= 0.6 is 0 Å². The first-order valence-electron chi connectivity index (χ1n) is 13.8. The number of hydrogen-bond donors (Lipinski definition) is 1. The third kappa shape index (κ3) is 5.99. The molecule has 3 aromatic carbocycles. The van der Waals surface area contributed by atoms with E-state index in [1.54, 1.807) is 18.2 Å². The molecule has 0 radical (unpaired) electrons. The van der Waals surface area contributed by atoms with Gasteiger partial charge in [-0.2, -0.15) is 0 Å². The van der Waals surface area contributed by atoms with Crippen LogP contribution < -0.4 is 0 Å². The average molecular weight is 552 g/mol. The smallest absolute Gasteiger partial charge is 0.335 e. The molecule has 210 valence electrons. The third-order valence-electron chi connectivity index (χ3n) is 7.98. The molecule has 5 rings (SSSR count). The van der Waals surface area contributed by atoms with Crippen LogP contribution in [0.3, 0.4) is 0 Å². The van der Waals surface area contributed by atoms with Crippen molar-refractivity contribution in [3.63, 3.8) is 0 Å². The van der Waals surface area contributed by atoms with E-state index in [9.17, 15) is 27.5 Å². The average Bonchev–Trinajstić information content (AvgIpc) is 3.09. The van der Waals surface area contributed by atoms with Crippen LogP contribution in [0.4, 0.5) is 17.6 Å². The summed E-state index contributed by atoms with van der Waals surface area (Å²) in [4.78, 5) is 13.9. The maximum atomic E-state index is 14.8. The van der Waals surface area contributed by atoms with Crippen LogP contribution in [-0.2, 0) is 18.8 Å². The minimum absolute atomic E-state index is 0.181. The zero-order valence-corrected chi connectivity index (χ0v) is 22.5. The number of carboxylic acids is 1. The summed E-state index contributed by atoms with van der Waals surface area (Å²) >= 11 is 0. The van der Waals surface area contributed by atoms with Crippen molar-refractivity contribution in [1.82, 2.24) is 4.90 Å². The van der Waals surface area contributed by atoms with Gasteiger partial charge in [-0.15, -0.1) is 0 Å². The zero-order valence-electron chi connectivity index (χ0n) is 22.5. The van der Waals surface area contributed by atoms with Crippen LogP contribution in [0.1, 0.15) is 69.9 Å². The molecular formula is C33H33F4NO2. The second-order valence-corrected chi connectivity index (χ2v) is 11.0. The van der Waals surface area contributed by atoms with E-state index < -0.39 is 17.7 Å². The van der Waals surface area contributed by atoms with Crippen molar-refractivity contribution in [2.45, 2.75) is 45.0 Å². The van der Waals surface area contributed by atoms with E-state index in [1.165, 1.54) is 17.7 Å². The molecule has 40 heavy (non-hydrogen) atoms. The van der Waals surface area contributed by atoms with Gasteiger partial charge in [0, 0.05) is 32.1 Å². The number of benzene rings is 3. The van der Waals surface area contributed by atoms with Gasteiger partial charge in [0.15, 0.2) is 0 Å². The molecule has 7 heteroatoms. The van der Waals surface area contributed by atoms with Gasteiger partial charge in [-0.1, -0.05) is 36.4 Å². The minimum Gasteiger partial charge on any atom is -0.478 e. The predicted octanol–water partition coefficient (Wildman–Crippen LogP) is 7.76. The minimum atomic E-state index is -3.25. The fourth-order valence-corrected chi connectivity index (χ4v) is 6.08. The number of hydrogen-bond acceptors (Lipinski definition) is 2. The largest absolute Gasteiger partial charge is 0.478 e. The van der Waals surface area contributed by atoms with Gasteiger partial charge < -0.3 is 10.0 Å². The highest BCUT2D eigenvalue weighted by Crippen LogP contribution is 2.44. The molecule has 0 saturated carbocycles. The van der Waals surface area contributed by atoms with Crippen LogP contribution in [0, 0.1) is 11.7 Å². The van der Waals surface area contributed by atoms with Crippen molar-refractivity contribution in [3.8, 4) is 0 Å². The van der Waals surface area contributed by atoms with Gasteiger partial charge in [0.05, 0.1) is 12.2 Å².